The van der Waals surface area contributed by atoms with Gasteiger partial charge in [-0.05, 0) is 68.1 Å². The largest absolute Gasteiger partial charge is 0.352 e. The molecule has 0 aromatic heterocycles. The monoisotopic (exact) mass is 645 g/mol. The molecule has 236 valence electrons. The SMILES string of the molecule is CC[C@@H](C)NC(=O)[C@H](Cc1ccccc1)N(Cc1ccc(C)cc1)C(=O)CN(c1cc(Cl)ccc1C)S(=O)(=O)c1ccccc1. The van der Waals surface area contributed by atoms with Gasteiger partial charge in [-0.3, -0.25) is 13.9 Å². The zero-order chi connectivity index (χ0) is 32.6. The summed E-state index contributed by atoms with van der Waals surface area (Å²) in [6, 6.07) is 29.2. The maximum Gasteiger partial charge on any atom is 0.264 e. The summed E-state index contributed by atoms with van der Waals surface area (Å²) < 4.78 is 29.4. The molecule has 7 nitrogen and oxygen atoms in total. The van der Waals surface area contributed by atoms with Crippen LogP contribution in [-0.2, 0) is 32.6 Å². The van der Waals surface area contributed by atoms with Crippen LogP contribution < -0.4 is 9.62 Å². The molecule has 0 heterocycles. The van der Waals surface area contributed by atoms with Crippen LogP contribution in [0.3, 0.4) is 0 Å². The van der Waals surface area contributed by atoms with Crippen molar-refractivity contribution in [1.29, 1.82) is 0 Å². The van der Waals surface area contributed by atoms with Gasteiger partial charge in [0.15, 0.2) is 0 Å². The summed E-state index contributed by atoms with van der Waals surface area (Å²) in [6.07, 6.45) is 0.967. The van der Waals surface area contributed by atoms with Gasteiger partial charge in [-0.15, -0.1) is 0 Å². The Bertz CT molecular complexity index is 1700. The van der Waals surface area contributed by atoms with E-state index in [1.54, 1.807) is 43.3 Å². The van der Waals surface area contributed by atoms with Gasteiger partial charge >= 0.3 is 0 Å². The third-order valence-corrected chi connectivity index (χ3v) is 9.80. The summed E-state index contributed by atoms with van der Waals surface area (Å²) in [5, 5.41) is 3.39. The number of nitrogens with zero attached hydrogens (tertiary/aromatic N) is 2. The fourth-order valence-electron chi connectivity index (χ4n) is 4.97. The standard InChI is InChI=1S/C36H40ClN3O4S/c1-5-28(4)38-36(42)34(22-29-12-8-6-9-13-29)39(24-30-19-16-26(2)17-20-30)35(41)25-40(33-23-31(37)21-18-27(33)3)45(43,44)32-14-10-7-11-15-32/h6-21,23,28,34H,5,22,24-25H2,1-4H3,(H,38,42)/t28-,34+/m1/s1. The molecule has 9 heteroatoms. The second-order valence-corrected chi connectivity index (χ2v) is 13.6. The minimum atomic E-state index is -4.20. The van der Waals surface area contributed by atoms with Crippen molar-refractivity contribution in [3.8, 4) is 0 Å². The lowest BCUT2D eigenvalue weighted by Crippen LogP contribution is -2.54. The van der Waals surface area contributed by atoms with Gasteiger partial charge in [0.2, 0.25) is 11.8 Å². The van der Waals surface area contributed by atoms with E-state index in [2.05, 4.69) is 5.32 Å². The zero-order valence-electron chi connectivity index (χ0n) is 26.1. The third-order valence-electron chi connectivity index (χ3n) is 7.80. The van der Waals surface area contributed by atoms with E-state index in [4.69, 9.17) is 11.6 Å². The van der Waals surface area contributed by atoms with Crippen molar-refractivity contribution in [3.05, 3.63) is 130 Å². The van der Waals surface area contributed by atoms with E-state index >= 15 is 0 Å². The molecule has 2 atom stereocenters. The van der Waals surface area contributed by atoms with Gasteiger partial charge in [-0.2, -0.15) is 0 Å². The van der Waals surface area contributed by atoms with E-state index in [0.717, 1.165) is 21.0 Å². The van der Waals surface area contributed by atoms with E-state index in [1.165, 1.54) is 17.0 Å². The number of halogens is 1. The van der Waals surface area contributed by atoms with Gasteiger partial charge in [0.25, 0.3) is 10.0 Å². The molecule has 0 saturated heterocycles. The van der Waals surface area contributed by atoms with Crippen molar-refractivity contribution in [1.82, 2.24) is 10.2 Å². The van der Waals surface area contributed by atoms with Gasteiger partial charge in [0.05, 0.1) is 10.6 Å². The molecule has 4 rings (SSSR count). The van der Waals surface area contributed by atoms with Crippen LogP contribution >= 0.6 is 11.6 Å². The van der Waals surface area contributed by atoms with E-state index in [1.807, 2.05) is 75.4 Å². The van der Waals surface area contributed by atoms with Gasteiger partial charge < -0.3 is 10.2 Å². The Morgan fingerprint density at radius 3 is 2.09 bits per heavy atom. The second-order valence-electron chi connectivity index (χ2n) is 11.3. The topological polar surface area (TPSA) is 86.8 Å². The van der Waals surface area contributed by atoms with E-state index in [-0.39, 0.29) is 29.8 Å². The van der Waals surface area contributed by atoms with Gasteiger partial charge in [0, 0.05) is 24.0 Å². The second kappa shape index (κ2) is 15.2. The maximum absolute atomic E-state index is 14.6. The van der Waals surface area contributed by atoms with Crippen LogP contribution in [0.25, 0.3) is 0 Å². The number of rotatable bonds is 13. The minimum absolute atomic E-state index is 0.0395. The molecule has 0 aliphatic carbocycles. The third kappa shape index (κ3) is 8.74. The predicted molar refractivity (Wildman–Crippen MR) is 181 cm³/mol. The predicted octanol–water partition coefficient (Wildman–Crippen LogP) is 6.71. The number of hydrogen-bond acceptors (Lipinski definition) is 4. The number of anilines is 1. The summed E-state index contributed by atoms with van der Waals surface area (Å²) in [4.78, 5) is 30.0. The molecule has 0 unspecified atom stereocenters. The van der Waals surface area contributed by atoms with E-state index in [0.29, 0.717) is 22.7 Å². The highest BCUT2D eigenvalue weighted by molar-refractivity contribution is 7.92. The summed E-state index contributed by atoms with van der Waals surface area (Å²) in [7, 11) is -4.20. The highest BCUT2D eigenvalue weighted by Crippen LogP contribution is 2.30. The van der Waals surface area contributed by atoms with Crippen LogP contribution in [0.15, 0.2) is 108 Å². The van der Waals surface area contributed by atoms with Crippen molar-refractivity contribution < 1.29 is 18.0 Å². The number of nitrogens with one attached hydrogen (secondary N) is 1. The molecule has 0 aliphatic heterocycles. The van der Waals surface area contributed by atoms with Gasteiger partial charge in [-0.1, -0.05) is 103 Å². The summed E-state index contributed by atoms with van der Waals surface area (Å²) >= 11 is 6.35. The lowest BCUT2D eigenvalue weighted by molar-refractivity contribution is -0.140. The molecular weight excluding hydrogens is 606 g/mol. The van der Waals surface area contributed by atoms with Crippen LogP contribution in [0.1, 0.15) is 42.5 Å². The average Bonchev–Trinajstić information content (AvgIpc) is 3.04. The van der Waals surface area contributed by atoms with Crippen LogP contribution in [0.4, 0.5) is 5.69 Å². The molecule has 1 N–H and O–H groups in total. The maximum atomic E-state index is 14.6. The van der Waals surface area contributed by atoms with Crippen LogP contribution in [-0.4, -0.2) is 43.8 Å². The van der Waals surface area contributed by atoms with E-state index < -0.39 is 28.5 Å². The van der Waals surface area contributed by atoms with Gasteiger partial charge in [-0.25, -0.2) is 8.42 Å². The Kier molecular flexibility index (Phi) is 11.4. The first kappa shape index (κ1) is 33.7. The fourth-order valence-corrected chi connectivity index (χ4v) is 6.63. The Morgan fingerprint density at radius 1 is 0.844 bits per heavy atom. The normalized spacial score (nSPS) is 12.6. The molecule has 0 radical (unpaired) electrons. The first-order valence-electron chi connectivity index (χ1n) is 15.0. The number of amides is 2. The molecule has 0 aliphatic rings. The first-order valence-corrected chi connectivity index (χ1v) is 16.8. The number of hydrogen-bond donors (Lipinski definition) is 1. The fraction of sp³-hybridized carbons (Fsp3) is 0.278. The molecule has 2 amide bonds. The quantitative estimate of drug-likeness (QED) is 0.175. The van der Waals surface area contributed by atoms with Crippen LogP contribution in [0.2, 0.25) is 5.02 Å². The molecule has 4 aromatic rings. The molecule has 45 heavy (non-hydrogen) atoms. The van der Waals surface area contributed by atoms with Crippen molar-refractivity contribution >= 4 is 39.1 Å². The molecular formula is C36H40ClN3O4S. The highest BCUT2D eigenvalue weighted by atomic mass is 35.5. The van der Waals surface area contributed by atoms with E-state index in [9.17, 15) is 18.0 Å². The lowest BCUT2D eigenvalue weighted by atomic mass is 10.0. The van der Waals surface area contributed by atoms with Crippen LogP contribution in [0, 0.1) is 13.8 Å². The molecule has 0 saturated carbocycles. The molecule has 0 bridgehead atoms. The highest BCUT2D eigenvalue weighted by Gasteiger charge is 2.35. The molecule has 4 aromatic carbocycles. The van der Waals surface area contributed by atoms with Crippen molar-refractivity contribution in [2.45, 2.75) is 64.1 Å². The van der Waals surface area contributed by atoms with Crippen molar-refractivity contribution in [3.63, 3.8) is 0 Å². The lowest BCUT2D eigenvalue weighted by Gasteiger charge is -2.34. The average molecular weight is 646 g/mol. The summed E-state index contributed by atoms with van der Waals surface area (Å²) in [5.74, 6) is -0.820. The number of sulfonamides is 1. The minimum Gasteiger partial charge on any atom is -0.352 e. The summed E-state index contributed by atoms with van der Waals surface area (Å²) in [5.41, 5.74) is 3.68. The zero-order valence-corrected chi connectivity index (χ0v) is 27.7. The van der Waals surface area contributed by atoms with Crippen molar-refractivity contribution in [2.75, 3.05) is 10.8 Å². The summed E-state index contributed by atoms with van der Waals surface area (Å²) in [6.45, 7) is 7.21. The number of aryl methyl sites for hydroxylation is 2. The Hall–Kier alpha value is -4.14. The smallest absolute Gasteiger partial charge is 0.264 e. The molecule has 0 fully saturated rings. The van der Waals surface area contributed by atoms with Crippen molar-refractivity contribution in [2.24, 2.45) is 0 Å². The molecule has 0 spiro atoms. The Balaban J connectivity index is 1.83. The first-order chi connectivity index (χ1) is 21.5. The Morgan fingerprint density at radius 2 is 1.47 bits per heavy atom. The Labute approximate surface area is 271 Å². The number of carbonyl (C=O) groups is 2. The number of benzene rings is 4. The van der Waals surface area contributed by atoms with Gasteiger partial charge in [0.1, 0.15) is 12.6 Å². The van der Waals surface area contributed by atoms with Crippen LogP contribution in [0.5, 0.6) is 0 Å². The number of carbonyl (C=O) groups excluding carboxylic acids is 2.